The fourth-order valence-electron chi connectivity index (χ4n) is 4.23. The van der Waals surface area contributed by atoms with Crippen LogP contribution in [0.3, 0.4) is 0 Å². The summed E-state index contributed by atoms with van der Waals surface area (Å²) in [7, 11) is 1.76. The summed E-state index contributed by atoms with van der Waals surface area (Å²) in [5.41, 5.74) is 10.8. The van der Waals surface area contributed by atoms with Gasteiger partial charge in [-0.25, -0.2) is 19.7 Å². The van der Waals surface area contributed by atoms with E-state index >= 15 is 0 Å². The van der Waals surface area contributed by atoms with Gasteiger partial charge in [0, 0.05) is 19.0 Å². The van der Waals surface area contributed by atoms with Gasteiger partial charge in [-0.3, -0.25) is 0 Å². The van der Waals surface area contributed by atoms with Crippen LogP contribution < -0.4 is 5.73 Å². The van der Waals surface area contributed by atoms with Crippen LogP contribution in [0.5, 0.6) is 0 Å². The Morgan fingerprint density at radius 1 is 1.06 bits per heavy atom. The molecule has 6 nitrogen and oxygen atoms in total. The first-order valence-corrected chi connectivity index (χ1v) is 10.1. The molecule has 2 heterocycles. The largest absolute Gasteiger partial charge is 0.369 e. The highest BCUT2D eigenvalue weighted by molar-refractivity contribution is 5.79. The lowest BCUT2D eigenvalue weighted by atomic mass is 9.89. The normalized spacial score (nSPS) is 22.5. The lowest BCUT2D eigenvalue weighted by Crippen LogP contribution is -2.32. The zero-order valence-electron chi connectivity index (χ0n) is 17.2. The van der Waals surface area contributed by atoms with Crippen molar-refractivity contribution in [2.45, 2.75) is 24.9 Å². The summed E-state index contributed by atoms with van der Waals surface area (Å²) >= 11 is 0. The van der Waals surface area contributed by atoms with Crippen LogP contribution in [0.1, 0.15) is 29.2 Å². The monoisotopic (exact) mass is 410 g/mol. The van der Waals surface area contributed by atoms with Crippen molar-refractivity contribution in [3.05, 3.63) is 101 Å². The van der Waals surface area contributed by atoms with E-state index in [-0.39, 0.29) is 6.10 Å². The van der Waals surface area contributed by atoms with Crippen LogP contribution in [0.2, 0.25) is 0 Å². The zero-order valence-corrected chi connectivity index (χ0v) is 17.2. The van der Waals surface area contributed by atoms with Gasteiger partial charge < -0.3 is 10.5 Å². The molecule has 0 saturated heterocycles. The third-order valence-corrected chi connectivity index (χ3v) is 5.82. The zero-order chi connectivity index (χ0) is 21.4. The molecule has 0 amide bonds. The molecule has 6 heteroatoms. The van der Waals surface area contributed by atoms with Crippen LogP contribution >= 0.6 is 0 Å². The number of rotatable bonds is 2. The molecule has 0 aromatic heterocycles. The predicted octanol–water partition coefficient (Wildman–Crippen LogP) is 4.91. The molecule has 2 atom stereocenters. The number of hydroxylamine groups is 2. The second-order valence-corrected chi connectivity index (χ2v) is 7.79. The highest BCUT2D eigenvalue weighted by atomic mass is 16.7. The fraction of sp³-hybridized carbons (Fsp3) is 0.200. The minimum atomic E-state index is -0.974. The molecule has 2 aliphatic rings. The molecule has 3 aromatic rings. The summed E-state index contributed by atoms with van der Waals surface area (Å²) in [6.07, 6.45) is 0.311. The van der Waals surface area contributed by atoms with Crippen molar-refractivity contribution in [1.82, 2.24) is 5.06 Å². The fourth-order valence-corrected chi connectivity index (χ4v) is 4.23. The smallest absolute Gasteiger partial charge is 0.218 e. The average molecular weight is 410 g/mol. The summed E-state index contributed by atoms with van der Waals surface area (Å²) in [5, 5.41) is 1.52. The standard InChI is InChI=1S/C25H22N4O2/c1-27-21-10-6-9-18(13-21)19-11-12-20-16-30-23(17-7-4-3-5-8-17)15-25(22(20)14-19)28-24(26)29(2)31-25/h3-14,23H,15-16H2,2H3,(H2,26,28)/t23-,25?/m1/s1. The van der Waals surface area contributed by atoms with Gasteiger partial charge in [0.2, 0.25) is 11.7 Å². The van der Waals surface area contributed by atoms with Crippen LogP contribution in [-0.2, 0) is 21.9 Å². The number of ether oxygens (including phenoxy) is 1. The molecule has 0 saturated carbocycles. The van der Waals surface area contributed by atoms with E-state index in [1.807, 2.05) is 42.5 Å². The summed E-state index contributed by atoms with van der Waals surface area (Å²) in [5.74, 6) is 0.333. The molecule has 31 heavy (non-hydrogen) atoms. The van der Waals surface area contributed by atoms with Crippen LogP contribution in [0.25, 0.3) is 16.0 Å². The van der Waals surface area contributed by atoms with E-state index in [4.69, 9.17) is 26.9 Å². The number of hydrogen-bond donors (Lipinski definition) is 1. The minimum absolute atomic E-state index is 0.189. The van der Waals surface area contributed by atoms with E-state index in [0.29, 0.717) is 24.7 Å². The summed E-state index contributed by atoms with van der Waals surface area (Å²) in [6.45, 7) is 7.76. The highest BCUT2D eigenvalue weighted by Crippen LogP contribution is 2.46. The van der Waals surface area contributed by atoms with Gasteiger partial charge in [0.15, 0.2) is 5.69 Å². The number of guanidine groups is 1. The topological polar surface area (TPSA) is 64.4 Å². The maximum atomic E-state index is 7.31. The van der Waals surface area contributed by atoms with Crippen molar-refractivity contribution in [2.75, 3.05) is 7.05 Å². The van der Waals surface area contributed by atoms with E-state index in [2.05, 4.69) is 29.1 Å². The van der Waals surface area contributed by atoms with Gasteiger partial charge in [0.05, 0.1) is 19.3 Å². The number of hydrogen-bond acceptors (Lipinski definition) is 5. The van der Waals surface area contributed by atoms with Gasteiger partial charge in [-0.1, -0.05) is 60.7 Å². The quantitative estimate of drug-likeness (QED) is 0.610. The van der Waals surface area contributed by atoms with Crippen molar-refractivity contribution >= 4 is 11.6 Å². The van der Waals surface area contributed by atoms with E-state index in [0.717, 1.165) is 27.8 Å². The number of fused-ring (bicyclic) bond motifs is 2. The van der Waals surface area contributed by atoms with Gasteiger partial charge in [-0.2, -0.15) is 0 Å². The van der Waals surface area contributed by atoms with E-state index in [9.17, 15) is 0 Å². The summed E-state index contributed by atoms with van der Waals surface area (Å²) in [4.78, 5) is 14.6. The molecule has 1 spiro atoms. The van der Waals surface area contributed by atoms with E-state index in [1.54, 1.807) is 13.1 Å². The van der Waals surface area contributed by atoms with Crippen LogP contribution in [-0.4, -0.2) is 18.1 Å². The molecule has 5 rings (SSSR count). The Morgan fingerprint density at radius 3 is 2.61 bits per heavy atom. The first-order chi connectivity index (χ1) is 15.1. The van der Waals surface area contributed by atoms with Crippen molar-refractivity contribution in [1.29, 1.82) is 0 Å². The van der Waals surface area contributed by atoms with Crippen LogP contribution in [0.15, 0.2) is 77.8 Å². The third-order valence-electron chi connectivity index (χ3n) is 5.82. The predicted molar refractivity (Wildman–Crippen MR) is 119 cm³/mol. The molecular weight excluding hydrogens is 388 g/mol. The molecule has 0 aliphatic carbocycles. The molecule has 3 aromatic carbocycles. The average Bonchev–Trinajstić information content (AvgIpc) is 3.01. The second kappa shape index (κ2) is 7.55. The molecular formula is C25H22N4O2. The Hall–Kier alpha value is -3.66. The van der Waals surface area contributed by atoms with Gasteiger partial charge in [0.25, 0.3) is 0 Å². The molecule has 2 N–H and O–H groups in total. The molecule has 0 radical (unpaired) electrons. The van der Waals surface area contributed by atoms with Crippen LogP contribution in [0, 0.1) is 6.57 Å². The number of aliphatic imine (C=N–C) groups is 1. The van der Waals surface area contributed by atoms with Crippen molar-refractivity contribution < 1.29 is 9.57 Å². The summed E-state index contributed by atoms with van der Waals surface area (Å²) in [6, 6.07) is 23.9. The van der Waals surface area contributed by atoms with E-state index in [1.165, 1.54) is 5.06 Å². The Balaban J connectivity index is 1.63. The number of nitrogens with two attached hydrogens (primary N) is 1. The van der Waals surface area contributed by atoms with Crippen molar-refractivity contribution in [3.63, 3.8) is 0 Å². The Labute approximate surface area is 181 Å². The lowest BCUT2D eigenvalue weighted by molar-refractivity contribution is -0.186. The first kappa shape index (κ1) is 19.3. The molecule has 0 bridgehead atoms. The second-order valence-electron chi connectivity index (χ2n) is 7.79. The van der Waals surface area contributed by atoms with Gasteiger partial charge in [0.1, 0.15) is 0 Å². The Bertz CT molecular complexity index is 1200. The maximum absolute atomic E-state index is 7.31. The van der Waals surface area contributed by atoms with Crippen molar-refractivity contribution in [2.24, 2.45) is 10.7 Å². The van der Waals surface area contributed by atoms with Crippen LogP contribution in [0.4, 0.5) is 5.69 Å². The summed E-state index contributed by atoms with van der Waals surface area (Å²) < 4.78 is 6.31. The molecule has 2 aliphatic heterocycles. The third kappa shape index (κ3) is 3.44. The maximum Gasteiger partial charge on any atom is 0.218 e. The Kier molecular flexibility index (Phi) is 4.70. The molecule has 1 unspecified atom stereocenters. The van der Waals surface area contributed by atoms with Crippen molar-refractivity contribution in [3.8, 4) is 11.1 Å². The minimum Gasteiger partial charge on any atom is -0.369 e. The number of benzene rings is 3. The van der Waals surface area contributed by atoms with E-state index < -0.39 is 5.72 Å². The van der Waals surface area contributed by atoms with Gasteiger partial charge >= 0.3 is 0 Å². The SMILES string of the molecule is [C-]#[N+]c1cccc(-c2ccc3c(c2)C2(C[C@H](c4ccccc4)OC3)N=C(N)N(C)O2)c1. The molecule has 154 valence electrons. The highest BCUT2D eigenvalue weighted by Gasteiger charge is 2.46. The number of nitrogens with zero attached hydrogens (tertiary/aromatic N) is 3. The van der Waals surface area contributed by atoms with Gasteiger partial charge in [-0.05, 0) is 34.4 Å². The molecule has 0 fully saturated rings. The first-order valence-electron chi connectivity index (χ1n) is 10.1. The lowest BCUT2D eigenvalue weighted by Gasteiger charge is -2.29. The Morgan fingerprint density at radius 2 is 1.87 bits per heavy atom. The van der Waals surface area contributed by atoms with Gasteiger partial charge in [-0.15, -0.1) is 0 Å².